The van der Waals surface area contributed by atoms with Crippen LogP contribution in [-0.4, -0.2) is 296 Å². The fourth-order valence-electron chi connectivity index (χ4n) is 18.6. The number of ether oxygens (including phenoxy) is 3. The molecule has 0 saturated carbocycles. The van der Waals surface area contributed by atoms with Crippen LogP contribution in [0.2, 0.25) is 0 Å². The summed E-state index contributed by atoms with van der Waals surface area (Å²) in [6.45, 7) is 77.4. The number of carbonyl (C=O) groups excluding carboxylic acids is 2. The maximum atomic E-state index is 11.8. The average molecular weight is 2070 g/mol. The molecule has 7 fully saturated rings. The van der Waals surface area contributed by atoms with Gasteiger partial charge in [-0.1, -0.05) is 263 Å². The number of carbonyl (C=O) groups is 2. The van der Waals surface area contributed by atoms with Crippen molar-refractivity contribution in [3.63, 3.8) is 0 Å². The van der Waals surface area contributed by atoms with E-state index in [4.69, 9.17) is 14.2 Å². The minimum Gasteiger partial charge on any atom is -0.494 e. The van der Waals surface area contributed by atoms with E-state index in [1.165, 1.54) is 88.2 Å². The third-order valence-electron chi connectivity index (χ3n) is 28.9. The molecule has 23 nitrogen and oxygen atoms in total. The van der Waals surface area contributed by atoms with Crippen LogP contribution in [0.3, 0.4) is 0 Å². The van der Waals surface area contributed by atoms with Gasteiger partial charge in [-0.3, -0.25) is 24.3 Å². The Bertz CT molecular complexity index is 5230. The van der Waals surface area contributed by atoms with Crippen LogP contribution in [0.15, 0.2) is 170 Å². The van der Waals surface area contributed by atoms with Gasteiger partial charge >= 0.3 is 0 Å². The van der Waals surface area contributed by atoms with Gasteiger partial charge in [0.25, 0.3) is 0 Å². The molecule has 7 saturated heterocycles. The number of nitrogens with zero attached hydrogens (tertiary/aromatic N) is 13. The summed E-state index contributed by atoms with van der Waals surface area (Å²) in [6.07, 6.45) is 15.1. The number of amides is 2. The number of benzene rings is 6. The molecule has 15 rings (SSSR count). The number of likely N-dealkylation sites (N-methyl/N-ethyl adjacent to an activating group) is 2. The lowest BCUT2D eigenvalue weighted by Gasteiger charge is -2.35. The molecule has 0 spiro atoms. The van der Waals surface area contributed by atoms with Crippen LogP contribution in [0, 0.1) is 11.8 Å². The van der Waals surface area contributed by atoms with Crippen molar-refractivity contribution < 1.29 is 32.2 Å². The number of likely N-dealkylation sites (tertiary alicyclic amines) is 2. The van der Waals surface area contributed by atoms with Gasteiger partial charge in [0.2, 0.25) is 11.8 Å². The quantitative estimate of drug-likeness (QED) is 0.0480. The van der Waals surface area contributed by atoms with Crippen LogP contribution >= 0.6 is 0 Å². The van der Waals surface area contributed by atoms with Gasteiger partial charge < -0.3 is 59.6 Å². The summed E-state index contributed by atoms with van der Waals surface area (Å²) in [7, 11) is 11.1. The van der Waals surface area contributed by atoms with E-state index in [2.05, 4.69) is 427 Å². The molecule has 3 atom stereocenters. The molecule has 3 N–H and O–H groups in total. The Balaban J connectivity index is 0.000000208. The van der Waals surface area contributed by atoms with E-state index in [-0.39, 0.29) is 66.6 Å². The maximum Gasteiger partial charge on any atom is 0.236 e. The highest BCUT2D eigenvalue weighted by Gasteiger charge is 2.30. The SMILES string of the molecule is CC(C)(C)c1cc(CC2CCNCC2)ncn1.CC(C)(C)c1ccc(N2CCS(=O)(=O)CC2)cc1.CC(C)(C)c1ccc(OC2CCNC2)cc1.CN(C)C(=O)CN1CCN(Cc2cccc(C(C)(C)C)c2)CC1.CN(C)CCCOc1ccc(C(C)(C)C)cc1.CN1CCC(Cc2cc(C(C)(C)C)ncn2)C1.CN1CCC(Oc2ccc(C(C)(C)C)cc2)C1.CNC(=O)CCCN1CCN(Cc2cccc(C(C)(C)C)c2)CC1. The number of piperazine rings is 2. The Hall–Kier alpha value is -8.79. The van der Waals surface area contributed by atoms with Crippen molar-refractivity contribution in [3.8, 4) is 17.2 Å². The lowest BCUT2D eigenvalue weighted by molar-refractivity contribution is -0.130. The summed E-state index contributed by atoms with van der Waals surface area (Å²) in [6, 6.07) is 56.3. The Morgan fingerprint density at radius 1 is 0.416 bits per heavy atom. The molecule has 0 aliphatic carbocycles. The van der Waals surface area contributed by atoms with Gasteiger partial charge in [0.15, 0.2) is 9.84 Å². The van der Waals surface area contributed by atoms with Gasteiger partial charge in [-0.25, -0.2) is 28.4 Å². The normalized spacial score (nSPS) is 18.5. The first-order chi connectivity index (χ1) is 69.8. The lowest BCUT2D eigenvalue weighted by atomic mass is 9.86. The Kier molecular flexibility index (Phi) is 49.7. The molecule has 9 heterocycles. The predicted molar refractivity (Wildman–Crippen MR) is 624 cm³/mol. The van der Waals surface area contributed by atoms with E-state index in [9.17, 15) is 18.0 Å². The molecular weight excluding hydrogens is 1870 g/mol. The van der Waals surface area contributed by atoms with Crippen LogP contribution in [0.5, 0.6) is 17.2 Å². The number of hydrogen-bond donors (Lipinski definition) is 3. The van der Waals surface area contributed by atoms with Crippen LogP contribution in [-0.2, 0) is 88.7 Å². The molecule has 0 bridgehead atoms. The second-order valence-corrected chi connectivity index (χ2v) is 53.5. The summed E-state index contributed by atoms with van der Waals surface area (Å²) in [5.74, 6) is 5.39. The number of piperidine rings is 1. The number of aromatic nitrogens is 4. The van der Waals surface area contributed by atoms with E-state index in [1.54, 1.807) is 24.6 Å². The Morgan fingerprint density at radius 3 is 1.22 bits per heavy atom. The van der Waals surface area contributed by atoms with Crippen molar-refractivity contribution in [2.45, 2.75) is 299 Å². The van der Waals surface area contributed by atoms with Crippen molar-refractivity contribution in [1.29, 1.82) is 0 Å². The number of rotatable bonds is 24. The van der Waals surface area contributed by atoms with Gasteiger partial charge in [-0.15, -0.1) is 0 Å². The monoisotopic (exact) mass is 2070 g/mol. The molecular formula is C125H200N16O7S. The molecule has 2 aromatic heterocycles. The van der Waals surface area contributed by atoms with Crippen molar-refractivity contribution in [2.75, 3.05) is 210 Å². The van der Waals surface area contributed by atoms with E-state index in [0.717, 1.165) is 209 Å². The second-order valence-electron chi connectivity index (χ2n) is 51.2. The first-order valence-electron chi connectivity index (χ1n) is 55.7. The zero-order chi connectivity index (χ0) is 110. The Morgan fingerprint density at radius 2 is 0.826 bits per heavy atom. The highest BCUT2D eigenvalue weighted by atomic mass is 32.2. The van der Waals surface area contributed by atoms with Crippen molar-refractivity contribution in [3.05, 3.63) is 238 Å². The van der Waals surface area contributed by atoms with Crippen molar-refractivity contribution in [2.24, 2.45) is 11.8 Å². The summed E-state index contributed by atoms with van der Waals surface area (Å²) >= 11 is 0. The van der Waals surface area contributed by atoms with Gasteiger partial charge in [0, 0.05) is 178 Å². The molecule has 2 amide bonds. The minimum absolute atomic E-state index is 0.115. The fourth-order valence-corrected chi connectivity index (χ4v) is 19.8. The largest absolute Gasteiger partial charge is 0.494 e. The predicted octanol–water partition coefficient (Wildman–Crippen LogP) is 20.7. The van der Waals surface area contributed by atoms with Gasteiger partial charge in [-0.05, 0) is 268 Å². The summed E-state index contributed by atoms with van der Waals surface area (Å²) in [5.41, 5.74) is 18.2. The van der Waals surface area contributed by atoms with Gasteiger partial charge in [0.05, 0.1) is 24.7 Å². The van der Waals surface area contributed by atoms with Crippen LogP contribution < -0.4 is 35.1 Å². The molecule has 149 heavy (non-hydrogen) atoms. The smallest absolute Gasteiger partial charge is 0.236 e. The highest BCUT2D eigenvalue weighted by molar-refractivity contribution is 7.91. The topological polar surface area (TPSA) is 213 Å². The van der Waals surface area contributed by atoms with Crippen LogP contribution in [0.25, 0.3) is 0 Å². The van der Waals surface area contributed by atoms with Crippen molar-refractivity contribution in [1.82, 2.24) is 75.1 Å². The van der Waals surface area contributed by atoms with Gasteiger partial charge in [-0.2, -0.15) is 0 Å². The molecule has 0 radical (unpaired) electrons. The second kappa shape index (κ2) is 59.0. The molecule has 7 aliphatic rings. The van der Waals surface area contributed by atoms with E-state index < -0.39 is 9.84 Å². The molecule has 24 heteroatoms. The molecule has 8 aromatic rings. The van der Waals surface area contributed by atoms with Crippen molar-refractivity contribution >= 4 is 27.3 Å². The van der Waals surface area contributed by atoms with Gasteiger partial charge in [0.1, 0.15) is 42.1 Å². The van der Waals surface area contributed by atoms with Crippen LogP contribution in [0.1, 0.15) is 285 Å². The number of sulfone groups is 1. The third-order valence-corrected chi connectivity index (χ3v) is 30.5. The molecule has 7 aliphatic heterocycles. The number of anilines is 1. The number of nitrogens with one attached hydrogen (secondary N) is 3. The highest BCUT2D eigenvalue weighted by Crippen LogP contribution is 2.34. The average Bonchev–Trinajstić information content (AvgIpc) is 1.42. The standard InChI is InChI=1S/C20H33N3O.C19H31N3O.C15H23NO.C15H25NO.2C14H23N3.C14H21NO2S.C14H21NO/c1-20(2,3)18-8-5-7-17(15-18)16-23-13-11-22(12-14-23)10-6-9-19(24)21-4;1-19(2,3)17-8-6-7-16(13-17)14-21-9-11-22(12-10-21)15-18(23)20(4)5;1-15(2,3)12-5-7-13(8-6-12)17-14-9-10-16(4)11-14;1-15(2,3)13-7-9-14(10-8-13)17-12-6-11-16(4)5;1-14(2,3)13-8-12(15-10-16-13)7-11-5-6-17(4)9-11;1-14(2,3)13-9-12(16-10-17-13)8-11-4-6-15-7-5-11;1-14(2,3)12-4-6-13(7-5-12)15-8-10-18(16,17)11-9-15;1-14(2,3)11-4-6-12(7-5-11)16-13-8-9-15-10-13/h5,7-8,15H,6,9-14,16H2,1-4H3,(H,21,24);6-8,13H,9-12,14-15H2,1-5H3;5-8,14H,9-11H2,1-4H3;7-10H,6,11-12H2,1-5H3;8,10-11H,5-7,9H2,1-4H3;9-11,15H,4-8H2,1-3H3;4-7H,8-11H2,1-3H3;4-7,13,15H,8-10H2,1-3H3. The Labute approximate surface area is 904 Å². The summed E-state index contributed by atoms with van der Waals surface area (Å²) < 4.78 is 40.3. The van der Waals surface area contributed by atoms with E-state index in [1.807, 2.05) is 14.1 Å². The van der Waals surface area contributed by atoms with E-state index >= 15 is 0 Å². The molecule has 6 aromatic carbocycles. The number of hydrogen-bond acceptors (Lipinski definition) is 21. The summed E-state index contributed by atoms with van der Waals surface area (Å²) in [4.78, 5) is 61.1. The minimum atomic E-state index is -2.80. The zero-order valence-corrected chi connectivity index (χ0v) is 99.3. The maximum absolute atomic E-state index is 11.8. The zero-order valence-electron chi connectivity index (χ0n) is 98.5. The summed E-state index contributed by atoms with van der Waals surface area (Å²) in [5, 5.41) is 9.39. The first-order valence-corrected chi connectivity index (χ1v) is 57.5. The fraction of sp³-hybridized carbons (Fsp3) is 0.632. The molecule has 3 unspecified atom stereocenters. The first kappa shape index (κ1) is 125. The third kappa shape index (κ3) is 47.4. The lowest BCUT2D eigenvalue weighted by Crippen LogP contribution is -2.48. The van der Waals surface area contributed by atoms with E-state index in [0.29, 0.717) is 38.3 Å². The molecule has 828 valence electrons. The van der Waals surface area contributed by atoms with Crippen LogP contribution in [0.4, 0.5) is 5.69 Å².